The van der Waals surface area contributed by atoms with E-state index in [0.29, 0.717) is 18.0 Å². The molecule has 0 amide bonds. The molecule has 0 fully saturated rings. The summed E-state index contributed by atoms with van der Waals surface area (Å²) in [7, 11) is 0. The molecule has 0 saturated carbocycles. The summed E-state index contributed by atoms with van der Waals surface area (Å²) in [6.45, 7) is 7.32. The summed E-state index contributed by atoms with van der Waals surface area (Å²) in [6.07, 6.45) is 4.64. The number of aliphatic hydroxyl groups excluding tert-OH is 1. The fraction of sp³-hybridized carbons (Fsp3) is 0.500. The lowest BCUT2D eigenvalue weighted by molar-refractivity contribution is -0.722. The van der Waals surface area contributed by atoms with E-state index in [0.717, 1.165) is 0 Å². The van der Waals surface area contributed by atoms with Crippen LogP contribution in [-0.4, -0.2) is 36.5 Å². The van der Waals surface area contributed by atoms with E-state index >= 15 is 0 Å². The van der Waals surface area contributed by atoms with Crippen LogP contribution >= 0.6 is 0 Å². The van der Waals surface area contributed by atoms with Crippen LogP contribution in [0.2, 0.25) is 0 Å². The van der Waals surface area contributed by atoms with Crippen molar-refractivity contribution in [3.63, 3.8) is 0 Å². The smallest absolute Gasteiger partial charge is 0.162 e. The molecule has 0 saturated heterocycles. The number of aliphatic hydroxyl groups is 1. The van der Waals surface area contributed by atoms with E-state index in [1.807, 2.05) is 12.1 Å². The molecule has 0 aliphatic heterocycles. The Balaban J connectivity index is 2.47. The highest BCUT2D eigenvalue weighted by atomic mass is 16.5. The minimum Gasteiger partial charge on any atom is -0.487 e. The molecule has 0 aromatic heterocycles. The van der Waals surface area contributed by atoms with Crippen molar-refractivity contribution in [2.75, 3.05) is 19.8 Å². The quantitative estimate of drug-likeness (QED) is 0.725. The van der Waals surface area contributed by atoms with Gasteiger partial charge < -0.3 is 19.9 Å². The van der Waals surface area contributed by atoms with Crippen LogP contribution in [-0.2, 0) is 0 Å². The van der Waals surface area contributed by atoms with Crippen LogP contribution in [0.15, 0.2) is 24.3 Å². The summed E-state index contributed by atoms with van der Waals surface area (Å²) in [4.78, 5) is 0. The summed E-state index contributed by atoms with van der Waals surface area (Å²) in [5.74, 6) is 3.60. The van der Waals surface area contributed by atoms with Crippen LogP contribution < -0.4 is 14.8 Å². The minimum absolute atomic E-state index is 0.0921. The predicted octanol–water partition coefficient (Wildman–Crippen LogP) is 0.800. The lowest BCUT2D eigenvalue weighted by Gasteiger charge is -2.20. The maximum Gasteiger partial charge on any atom is 0.162 e. The zero-order valence-corrected chi connectivity index (χ0v) is 12.4. The number of rotatable bonds is 7. The van der Waals surface area contributed by atoms with Crippen molar-refractivity contribution in [1.82, 2.24) is 0 Å². The molecule has 0 aliphatic rings. The summed E-state index contributed by atoms with van der Waals surface area (Å²) >= 11 is 0. The number of terminal acetylenes is 1. The Morgan fingerprint density at radius 2 is 1.85 bits per heavy atom. The second kappa shape index (κ2) is 7.78. The Kier molecular flexibility index (Phi) is 6.37. The number of para-hydroxylation sites is 2. The zero-order chi connectivity index (χ0) is 15.0. The largest absolute Gasteiger partial charge is 0.487 e. The molecular formula is C16H24NO3+. The summed E-state index contributed by atoms with van der Waals surface area (Å²) in [5, 5.41) is 12.0. The minimum atomic E-state index is -0.532. The zero-order valence-electron chi connectivity index (χ0n) is 12.4. The first-order chi connectivity index (χ1) is 9.42. The summed E-state index contributed by atoms with van der Waals surface area (Å²) in [6, 6.07) is 7.29. The van der Waals surface area contributed by atoms with Crippen molar-refractivity contribution in [2.45, 2.75) is 32.4 Å². The molecule has 110 valence electrons. The van der Waals surface area contributed by atoms with Crippen molar-refractivity contribution in [1.29, 1.82) is 0 Å². The molecule has 0 heterocycles. The van der Waals surface area contributed by atoms with Crippen LogP contribution in [0.1, 0.15) is 20.8 Å². The average Bonchev–Trinajstić information content (AvgIpc) is 2.40. The Labute approximate surface area is 121 Å². The first kappa shape index (κ1) is 16.4. The maximum atomic E-state index is 9.91. The second-order valence-electron chi connectivity index (χ2n) is 5.71. The van der Waals surface area contributed by atoms with Crippen molar-refractivity contribution in [3.8, 4) is 23.8 Å². The molecule has 0 spiro atoms. The van der Waals surface area contributed by atoms with Gasteiger partial charge in [-0.05, 0) is 32.9 Å². The normalized spacial score (nSPS) is 12.6. The fourth-order valence-electron chi connectivity index (χ4n) is 1.55. The fourth-order valence-corrected chi connectivity index (χ4v) is 1.55. The van der Waals surface area contributed by atoms with Gasteiger partial charge in [-0.25, -0.2) is 0 Å². The van der Waals surface area contributed by atoms with Crippen LogP contribution in [0, 0.1) is 12.3 Å². The van der Waals surface area contributed by atoms with Gasteiger partial charge in [0.25, 0.3) is 0 Å². The topological polar surface area (TPSA) is 55.3 Å². The average molecular weight is 278 g/mol. The Bertz CT molecular complexity index is 446. The van der Waals surface area contributed by atoms with Gasteiger partial charge in [-0.15, -0.1) is 6.42 Å². The van der Waals surface area contributed by atoms with Gasteiger partial charge in [-0.1, -0.05) is 18.1 Å². The highest BCUT2D eigenvalue weighted by Gasteiger charge is 2.17. The number of hydrogen-bond acceptors (Lipinski definition) is 3. The number of quaternary nitrogens is 1. The van der Waals surface area contributed by atoms with Gasteiger partial charge in [0.1, 0.15) is 25.9 Å². The molecule has 20 heavy (non-hydrogen) atoms. The second-order valence-corrected chi connectivity index (χ2v) is 5.71. The molecule has 4 heteroatoms. The third-order valence-corrected chi connectivity index (χ3v) is 2.59. The molecule has 1 aromatic rings. The number of nitrogens with two attached hydrogens (primary N) is 1. The molecular weight excluding hydrogens is 254 g/mol. The van der Waals surface area contributed by atoms with Crippen molar-refractivity contribution < 1.29 is 19.9 Å². The summed E-state index contributed by atoms with van der Waals surface area (Å²) in [5.41, 5.74) is 0.0921. The van der Waals surface area contributed by atoms with Gasteiger partial charge in [0.2, 0.25) is 0 Å². The van der Waals surface area contributed by atoms with Crippen molar-refractivity contribution in [2.24, 2.45) is 0 Å². The van der Waals surface area contributed by atoms with Crippen molar-refractivity contribution >= 4 is 0 Å². The van der Waals surface area contributed by atoms with Crippen LogP contribution in [0.5, 0.6) is 11.5 Å². The van der Waals surface area contributed by atoms with Crippen molar-refractivity contribution in [3.05, 3.63) is 24.3 Å². The van der Waals surface area contributed by atoms with Gasteiger partial charge in [0.05, 0.1) is 5.54 Å². The first-order valence-corrected chi connectivity index (χ1v) is 6.73. The van der Waals surface area contributed by atoms with Gasteiger partial charge >= 0.3 is 0 Å². The highest BCUT2D eigenvalue weighted by Crippen LogP contribution is 2.26. The predicted molar refractivity (Wildman–Crippen MR) is 78.8 cm³/mol. The Hall–Kier alpha value is -1.70. The Morgan fingerprint density at radius 1 is 1.25 bits per heavy atom. The lowest BCUT2D eigenvalue weighted by atomic mass is 10.1. The van der Waals surface area contributed by atoms with Gasteiger partial charge in [-0.2, -0.15) is 0 Å². The first-order valence-electron chi connectivity index (χ1n) is 6.73. The summed E-state index contributed by atoms with van der Waals surface area (Å²) < 4.78 is 11.0. The van der Waals surface area contributed by atoms with E-state index in [9.17, 15) is 5.11 Å². The van der Waals surface area contributed by atoms with Gasteiger partial charge in [-0.3, -0.25) is 0 Å². The monoisotopic (exact) mass is 278 g/mol. The molecule has 1 aromatic carbocycles. The van der Waals surface area contributed by atoms with E-state index in [2.05, 4.69) is 32.0 Å². The highest BCUT2D eigenvalue weighted by molar-refractivity contribution is 5.39. The SMILES string of the molecule is C#CCOc1ccccc1OC[C@H](O)C[NH2+]C(C)(C)C. The number of hydrogen-bond donors (Lipinski definition) is 2. The maximum absolute atomic E-state index is 9.91. The third kappa shape index (κ3) is 6.46. The van der Waals surface area contributed by atoms with E-state index in [1.54, 1.807) is 12.1 Å². The van der Waals surface area contributed by atoms with E-state index in [4.69, 9.17) is 15.9 Å². The molecule has 0 aliphatic carbocycles. The molecule has 0 radical (unpaired) electrons. The Morgan fingerprint density at radius 3 is 2.40 bits per heavy atom. The van der Waals surface area contributed by atoms with E-state index in [1.165, 1.54) is 0 Å². The number of benzene rings is 1. The van der Waals surface area contributed by atoms with Crippen LogP contribution in [0.3, 0.4) is 0 Å². The number of ether oxygens (including phenoxy) is 2. The molecule has 0 bridgehead atoms. The lowest BCUT2D eigenvalue weighted by Crippen LogP contribution is -2.96. The third-order valence-electron chi connectivity index (χ3n) is 2.59. The van der Waals surface area contributed by atoms with Gasteiger partial charge in [0.15, 0.2) is 11.5 Å². The van der Waals surface area contributed by atoms with Crippen LogP contribution in [0.4, 0.5) is 0 Å². The molecule has 1 rings (SSSR count). The van der Waals surface area contributed by atoms with E-state index < -0.39 is 6.10 Å². The molecule has 3 N–H and O–H groups in total. The standard InChI is InChI=1S/C16H23NO3/c1-5-10-19-14-8-6-7-9-15(14)20-12-13(18)11-17-16(2,3)4/h1,6-9,13,17-18H,10-12H2,2-4H3/p+1/t13-/m1/s1. The molecule has 4 nitrogen and oxygen atoms in total. The van der Waals surface area contributed by atoms with E-state index in [-0.39, 0.29) is 18.8 Å². The van der Waals surface area contributed by atoms with Crippen LogP contribution in [0.25, 0.3) is 0 Å². The molecule has 1 atom stereocenters. The molecule has 0 unspecified atom stereocenters. The van der Waals surface area contributed by atoms with Gasteiger partial charge in [0, 0.05) is 0 Å².